The molecule has 2 unspecified atom stereocenters. The van der Waals surface area contributed by atoms with Crippen LogP contribution in [0.2, 0.25) is 5.02 Å². The van der Waals surface area contributed by atoms with E-state index in [-0.39, 0.29) is 24.3 Å². The third-order valence-electron chi connectivity index (χ3n) is 7.87. The number of para-hydroxylation sites is 1. The number of nitrogens with zero attached hydrogens (tertiary/aromatic N) is 2. The monoisotopic (exact) mass is 497 g/mol. The standard InChI is InChI=1S/C30H28ClN3O2/c1-3-19-11-13-21(14-12-19)24-17-34-26(35)18-33(16-20-7-6-8-22(31)15-20)29(36)30(34,2)28-27(24)23-9-4-5-10-25(23)32-28/h4-15,24,32H,3,16-18H2,1-2H3. The number of aryl methyl sites for hydroxylation is 1. The average molecular weight is 498 g/mol. The molecular formula is C30H28ClN3O2. The number of rotatable bonds is 4. The summed E-state index contributed by atoms with van der Waals surface area (Å²) in [6, 6.07) is 24.3. The zero-order valence-electron chi connectivity index (χ0n) is 20.4. The molecule has 3 heterocycles. The predicted octanol–water partition coefficient (Wildman–Crippen LogP) is 5.62. The molecular weight excluding hydrogens is 470 g/mol. The number of amides is 2. The third kappa shape index (κ3) is 3.45. The van der Waals surface area contributed by atoms with Gasteiger partial charge in [-0.3, -0.25) is 9.59 Å². The number of halogens is 1. The summed E-state index contributed by atoms with van der Waals surface area (Å²) in [5.74, 6) is -0.139. The quantitative estimate of drug-likeness (QED) is 0.398. The van der Waals surface area contributed by atoms with Crippen LogP contribution in [-0.4, -0.2) is 39.7 Å². The zero-order valence-corrected chi connectivity index (χ0v) is 21.2. The van der Waals surface area contributed by atoms with E-state index in [0.717, 1.165) is 39.7 Å². The molecule has 2 aliphatic heterocycles. The predicted molar refractivity (Wildman–Crippen MR) is 142 cm³/mol. The van der Waals surface area contributed by atoms with Gasteiger partial charge in [-0.15, -0.1) is 0 Å². The Morgan fingerprint density at radius 1 is 1.00 bits per heavy atom. The number of hydrogen-bond acceptors (Lipinski definition) is 2. The van der Waals surface area contributed by atoms with Crippen LogP contribution in [0.3, 0.4) is 0 Å². The summed E-state index contributed by atoms with van der Waals surface area (Å²) in [5, 5.41) is 1.72. The molecule has 1 aromatic heterocycles. The van der Waals surface area contributed by atoms with Crippen molar-refractivity contribution in [3.63, 3.8) is 0 Å². The van der Waals surface area contributed by atoms with Gasteiger partial charge in [-0.1, -0.05) is 73.1 Å². The molecule has 2 aliphatic rings. The second-order valence-corrected chi connectivity index (χ2v) is 10.4. The molecule has 0 radical (unpaired) electrons. The van der Waals surface area contributed by atoms with Crippen molar-refractivity contribution in [1.82, 2.24) is 14.8 Å². The van der Waals surface area contributed by atoms with Crippen molar-refractivity contribution in [3.8, 4) is 0 Å². The zero-order chi connectivity index (χ0) is 25.0. The number of hydrogen-bond donors (Lipinski definition) is 1. The van der Waals surface area contributed by atoms with E-state index in [1.54, 1.807) is 9.80 Å². The highest BCUT2D eigenvalue weighted by Crippen LogP contribution is 2.48. The van der Waals surface area contributed by atoms with Crippen LogP contribution in [0.5, 0.6) is 0 Å². The van der Waals surface area contributed by atoms with Gasteiger partial charge in [0, 0.05) is 34.9 Å². The van der Waals surface area contributed by atoms with Crippen molar-refractivity contribution in [2.45, 2.75) is 38.3 Å². The molecule has 3 aromatic carbocycles. The molecule has 36 heavy (non-hydrogen) atoms. The van der Waals surface area contributed by atoms with Gasteiger partial charge in [0.05, 0.1) is 5.69 Å². The first-order valence-electron chi connectivity index (χ1n) is 12.4. The molecule has 6 heteroatoms. The summed E-state index contributed by atoms with van der Waals surface area (Å²) < 4.78 is 0. The molecule has 0 bridgehead atoms. The lowest BCUT2D eigenvalue weighted by Crippen LogP contribution is -2.67. The molecule has 0 saturated carbocycles. The van der Waals surface area contributed by atoms with Crippen molar-refractivity contribution in [2.75, 3.05) is 13.1 Å². The van der Waals surface area contributed by atoms with Gasteiger partial charge in [0.15, 0.2) is 5.54 Å². The van der Waals surface area contributed by atoms with Crippen molar-refractivity contribution >= 4 is 34.3 Å². The Morgan fingerprint density at radius 3 is 2.53 bits per heavy atom. The average Bonchev–Trinajstić information content (AvgIpc) is 3.28. The van der Waals surface area contributed by atoms with Gasteiger partial charge in [0.2, 0.25) is 5.91 Å². The Bertz CT molecular complexity index is 1490. The van der Waals surface area contributed by atoms with Crippen molar-refractivity contribution in [1.29, 1.82) is 0 Å². The first-order chi connectivity index (χ1) is 17.4. The maximum atomic E-state index is 14.2. The lowest BCUT2D eigenvalue weighted by atomic mass is 9.76. The Labute approximate surface area is 215 Å². The van der Waals surface area contributed by atoms with Crippen LogP contribution in [0.25, 0.3) is 10.9 Å². The van der Waals surface area contributed by atoms with Crippen LogP contribution in [0, 0.1) is 0 Å². The van der Waals surface area contributed by atoms with Crippen molar-refractivity contribution in [2.24, 2.45) is 0 Å². The van der Waals surface area contributed by atoms with E-state index in [0.29, 0.717) is 18.1 Å². The van der Waals surface area contributed by atoms with Gasteiger partial charge in [0.1, 0.15) is 6.54 Å². The van der Waals surface area contributed by atoms with Gasteiger partial charge < -0.3 is 14.8 Å². The molecule has 6 rings (SSSR count). The fraction of sp³-hybridized carbons (Fsp3) is 0.267. The number of carbonyl (C=O) groups excluding carboxylic acids is 2. The smallest absolute Gasteiger partial charge is 0.255 e. The molecule has 1 fully saturated rings. The van der Waals surface area contributed by atoms with Gasteiger partial charge in [-0.25, -0.2) is 0 Å². The Hall–Kier alpha value is -3.57. The molecule has 2 atom stereocenters. The van der Waals surface area contributed by atoms with E-state index in [9.17, 15) is 9.59 Å². The molecule has 1 N–H and O–H groups in total. The second-order valence-electron chi connectivity index (χ2n) is 9.97. The number of piperazine rings is 1. The van der Waals surface area contributed by atoms with Crippen LogP contribution in [-0.2, 0) is 28.1 Å². The van der Waals surface area contributed by atoms with Crippen LogP contribution in [0.4, 0.5) is 0 Å². The minimum Gasteiger partial charge on any atom is -0.356 e. The first-order valence-corrected chi connectivity index (χ1v) is 12.8. The number of carbonyl (C=O) groups is 2. The topological polar surface area (TPSA) is 56.4 Å². The molecule has 5 nitrogen and oxygen atoms in total. The highest BCUT2D eigenvalue weighted by Gasteiger charge is 2.56. The van der Waals surface area contributed by atoms with Crippen LogP contribution < -0.4 is 0 Å². The van der Waals surface area contributed by atoms with E-state index in [1.807, 2.05) is 49.4 Å². The number of nitrogens with one attached hydrogen (secondary N) is 1. The fourth-order valence-electron chi connectivity index (χ4n) is 5.94. The Morgan fingerprint density at radius 2 is 1.78 bits per heavy atom. The van der Waals surface area contributed by atoms with Crippen LogP contribution in [0.1, 0.15) is 47.7 Å². The van der Waals surface area contributed by atoms with E-state index in [1.165, 1.54) is 5.56 Å². The third-order valence-corrected chi connectivity index (χ3v) is 8.11. The van der Waals surface area contributed by atoms with Gasteiger partial charge in [0.25, 0.3) is 5.91 Å². The van der Waals surface area contributed by atoms with Gasteiger partial charge >= 0.3 is 0 Å². The minimum absolute atomic E-state index is 0.0219. The van der Waals surface area contributed by atoms with Gasteiger partial charge in [-0.05, 0) is 53.8 Å². The molecule has 182 valence electrons. The fourth-order valence-corrected chi connectivity index (χ4v) is 6.16. The molecule has 4 aromatic rings. The number of aromatic amines is 1. The molecule has 0 spiro atoms. The summed E-state index contributed by atoms with van der Waals surface area (Å²) in [5.41, 5.74) is 5.13. The van der Waals surface area contributed by atoms with Crippen molar-refractivity contribution < 1.29 is 9.59 Å². The summed E-state index contributed by atoms with van der Waals surface area (Å²) >= 11 is 6.19. The lowest BCUT2D eigenvalue weighted by molar-refractivity contribution is -0.166. The Balaban J connectivity index is 1.49. The minimum atomic E-state index is -1.11. The number of benzene rings is 3. The van der Waals surface area contributed by atoms with E-state index < -0.39 is 5.54 Å². The van der Waals surface area contributed by atoms with Gasteiger partial charge in [-0.2, -0.15) is 0 Å². The highest BCUT2D eigenvalue weighted by molar-refractivity contribution is 6.30. The maximum absolute atomic E-state index is 14.2. The largest absolute Gasteiger partial charge is 0.356 e. The number of fused-ring (bicyclic) bond motifs is 5. The van der Waals surface area contributed by atoms with E-state index >= 15 is 0 Å². The van der Waals surface area contributed by atoms with E-state index in [2.05, 4.69) is 42.2 Å². The highest BCUT2D eigenvalue weighted by atomic mass is 35.5. The van der Waals surface area contributed by atoms with E-state index in [4.69, 9.17) is 11.6 Å². The lowest BCUT2D eigenvalue weighted by Gasteiger charge is -2.51. The van der Waals surface area contributed by atoms with Crippen molar-refractivity contribution in [3.05, 3.63) is 106 Å². The number of aromatic nitrogens is 1. The summed E-state index contributed by atoms with van der Waals surface area (Å²) in [4.78, 5) is 34.8. The summed E-state index contributed by atoms with van der Waals surface area (Å²) in [7, 11) is 0. The Kier molecular flexibility index (Phi) is 5.41. The number of H-pyrrole nitrogens is 1. The molecule has 2 amide bonds. The maximum Gasteiger partial charge on any atom is 0.255 e. The summed E-state index contributed by atoms with van der Waals surface area (Å²) in [6.07, 6.45) is 0.975. The van der Waals surface area contributed by atoms with Crippen LogP contribution >= 0.6 is 11.6 Å². The molecule has 0 aliphatic carbocycles. The normalized spacial score (nSPS) is 21.6. The SMILES string of the molecule is CCc1ccc(C2CN3C(=O)CN(Cc4cccc(Cl)c4)C(=O)C3(C)c3[nH]c4ccccc4c32)cc1. The van der Waals surface area contributed by atoms with Crippen LogP contribution in [0.15, 0.2) is 72.8 Å². The first kappa shape index (κ1) is 22.9. The molecule has 1 saturated heterocycles. The summed E-state index contributed by atoms with van der Waals surface area (Å²) in [6.45, 7) is 4.89. The second kappa shape index (κ2) is 8.52.